The number of quaternary nitrogens is 1. The number of esters is 2. The van der Waals surface area contributed by atoms with Crippen LogP contribution in [0.25, 0.3) is 0 Å². The third-order valence-electron chi connectivity index (χ3n) is 10.9. The number of carbonyl (C=O) groups is 2. The van der Waals surface area contributed by atoms with E-state index < -0.39 is 26.5 Å². The molecule has 1 aliphatic rings. The molecule has 0 saturated carbocycles. The number of unbranched alkanes of at least 4 members (excludes halogenated alkanes) is 24. The molecule has 2 atom stereocenters. The second-order valence-electron chi connectivity index (χ2n) is 16.2. The van der Waals surface area contributed by atoms with Crippen LogP contribution >= 0.6 is 7.82 Å². The molecule has 0 spiro atoms. The predicted molar refractivity (Wildman–Crippen MR) is 222 cm³/mol. The van der Waals surface area contributed by atoms with Crippen molar-refractivity contribution < 1.29 is 42.1 Å². The number of rotatable bonds is 38. The highest BCUT2D eigenvalue weighted by Gasteiger charge is 2.26. The Morgan fingerprint density at radius 2 is 0.963 bits per heavy atom. The van der Waals surface area contributed by atoms with Gasteiger partial charge in [0.15, 0.2) is 6.10 Å². The molecule has 0 aliphatic carbocycles. The first-order chi connectivity index (χ1) is 25.7. The van der Waals surface area contributed by atoms with Crippen LogP contribution in [-0.4, -0.2) is 69.0 Å². The van der Waals surface area contributed by atoms with Crippen molar-refractivity contribution in [2.24, 2.45) is 0 Å². The summed E-state index contributed by atoms with van der Waals surface area (Å²) in [5, 5.41) is 0. The summed E-state index contributed by atoms with van der Waals surface area (Å²) >= 11 is 0. The Kier molecular flexibility index (Phi) is 35.7. The molecule has 0 N–H and O–H groups in total. The second-order valence-corrected chi connectivity index (χ2v) is 17.6. The van der Waals surface area contributed by atoms with Crippen LogP contribution in [0.5, 0.6) is 0 Å². The van der Waals surface area contributed by atoms with E-state index in [0.717, 1.165) is 62.5 Å². The van der Waals surface area contributed by atoms with Gasteiger partial charge in [-0.2, -0.15) is 0 Å². The average molecular weight is 790 g/mol. The zero-order valence-electron chi connectivity index (χ0n) is 34.9. The van der Waals surface area contributed by atoms with Crippen molar-refractivity contribution in [3.05, 3.63) is 0 Å². The van der Waals surface area contributed by atoms with Crippen molar-refractivity contribution in [1.29, 1.82) is 0 Å². The van der Waals surface area contributed by atoms with E-state index in [1.54, 1.807) is 0 Å². The lowest BCUT2D eigenvalue weighted by atomic mass is 10.0. The summed E-state index contributed by atoms with van der Waals surface area (Å²) in [6, 6.07) is 0. The number of nitrogens with zero attached hydrogens (tertiary/aromatic N) is 1. The van der Waals surface area contributed by atoms with Crippen LogP contribution < -0.4 is 4.89 Å². The minimum atomic E-state index is -4.62. The average Bonchev–Trinajstić information content (AvgIpc) is 3.13. The van der Waals surface area contributed by atoms with E-state index in [2.05, 4.69) is 20.9 Å². The van der Waals surface area contributed by atoms with Crippen LogP contribution in [0.1, 0.15) is 220 Å². The zero-order chi connectivity index (χ0) is 38.7. The Hall–Kier alpha value is -0.990. The number of hydrogen-bond donors (Lipinski definition) is 0. The van der Waals surface area contributed by atoms with Gasteiger partial charge < -0.3 is 27.9 Å². The minimum Gasteiger partial charge on any atom is -0.756 e. The van der Waals surface area contributed by atoms with Crippen LogP contribution in [0.4, 0.5) is 0 Å². The van der Waals surface area contributed by atoms with E-state index >= 15 is 0 Å². The van der Waals surface area contributed by atoms with Crippen molar-refractivity contribution >= 4 is 19.8 Å². The molecule has 1 rings (SSSR count). The Balaban J connectivity index is 0.0000281. The topological polar surface area (TPSA) is 111 Å². The molecular weight excluding hydrogens is 701 g/mol. The summed E-state index contributed by atoms with van der Waals surface area (Å²) in [7, 11) is -2.50. The fourth-order valence-corrected chi connectivity index (χ4v) is 8.01. The highest BCUT2D eigenvalue weighted by atomic mass is 31.2. The first kappa shape index (κ1) is 53.0. The fraction of sp³-hybridized carbons (Fsp3) is 0.955. The summed E-state index contributed by atoms with van der Waals surface area (Å²) in [5.41, 5.74) is 0. The van der Waals surface area contributed by atoms with Crippen LogP contribution in [-0.2, 0) is 32.7 Å². The van der Waals surface area contributed by atoms with Gasteiger partial charge in [-0.1, -0.05) is 175 Å². The molecule has 0 bridgehead atoms. The third kappa shape index (κ3) is 33.2. The molecule has 2 unspecified atom stereocenters. The standard InChI is InChI=1S/C43H84NO8P.CH4/c1-4-6-8-10-12-14-16-18-20-22-24-26-29-33-42(45)49-39-41(40-51-53(47,48)50-38-37-44(3)35-31-28-32-36-44)52-43(46)34-30-27-25-23-21-19-17-15-13-11-9-7-5-2;/h41H,4-40H2,1-3H3;1H4. The number of hydrogen-bond acceptors (Lipinski definition) is 8. The molecule has 0 radical (unpaired) electrons. The largest absolute Gasteiger partial charge is 0.756 e. The number of ether oxygens (including phenoxy) is 2. The van der Waals surface area contributed by atoms with E-state index in [0.29, 0.717) is 19.4 Å². The maximum atomic E-state index is 12.7. The summed E-state index contributed by atoms with van der Waals surface area (Å²) in [6.45, 7) is 6.47. The molecule has 0 aromatic carbocycles. The van der Waals surface area contributed by atoms with Crippen molar-refractivity contribution in [2.75, 3.05) is 46.5 Å². The second kappa shape index (κ2) is 36.4. The number of likely N-dealkylation sites (tertiary alicyclic amines) is 1. The van der Waals surface area contributed by atoms with Gasteiger partial charge in [-0.15, -0.1) is 0 Å². The highest BCUT2D eigenvalue weighted by Crippen LogP contribution is 2.38. The molecular formula is C44H88NO8P. The van der Waals surface area contributed by atoms with Gasteiger partial charge in [0.05, 0.1) is 26.7 Å². The first-order valence-electron chi connectivity index (χ1n) is 22.5. The van der Waals surface area contributed by atoms with E-state index in [-0.39, 0.29) is 33.0 Å². The summed E-state index contributed by atoms with van der Waals surface area (Å²) < 4.78 is 34.7. The molecule has 1 heterocycles. The maximum absolute atomic E-state index is 12.7. The fourth-order valence-electron chi connectivity index (χ4n) is 7.28. The minimum absolute atomic E-state index is 0. The number of phosphoric acid groups is 1. The Labute approximate surface area is 334 Å². The number of phosphoric ester groups is 1. The number of likely N-dealkylation sites (N-methyl/N-ethyl adjacent to an activating group) is 1. The van der Waals surface area contributed by atoms with Gasteiger partial charge in [-0.3, -0.25) is 14.2 Å². The Bertz CT molecular complexity index is 913. The first-order valence-corrected chi connectivity index (χ1v) is 23.9. The molecule has 1 aliphatic heterocycles. The molecule has 54 heavy (non-hydrogen) atoms. The van der Waals surface area contributed by atoms with Crippen molar-refractivity contribution in [3.63, 3.8) is 0 Å². The molecule has 1 fully saturated rings. The molecule has 10 heteroatoms. The van der Waals surface area contributed by atoms with E-state index in [1.807, 2.05) is 0 Å². The van der Waals surface area contributed by atoms with Crippen molar-refractivity contribution in [3.8, 4) is 0 Å². The zero-order valence-corrected chi connectivity index (χ0v) is 35.8. The molecule has 0 amide bonds. The lowest BCUT2D eigenvalue weighted by molar-refractivity contribution is -0.914. The highest BCUT2D eigenvalue weighted by molar-refractivity contribution is 7.45. The van der Waals surface area contributed by atoms with Gasteiger partial charge in [0.1, 0.15) is 19.8 Å². The van der Waals surface area contributed by atoms with Gasteiger partial charge >= 0.3 is 11.9 Å². The predicted octanol–water partition coefficient (Wildman–Crippen LogP) is 12.2. The van der Waals surface area contributed by atoms with E-state index in [1.165, 1.54) is 135 Å². The van der Waals surface area contributed by atoms with Crippen LogP contribution in [0.2, 0.25) is 0 Å². The number of piperidine rings is 1. The Morgan fingerprint density at radius 3 is 1.39 bits per heavy atom. The normalized spacial score (nSPS) is 15.6. The SMILES string of the molecule is C.CCCCCCCCCCCCCCCC(=O)OCC(COP(=O)([O-])OCC[N+]1(C)CCCCC1)OC(=O)CCCCCCCCCCCCCCC. The monoisotopic (exact) mass is 790 g/mol. The third-order valence-corrected chi connectivity index (χ3v) is 11.9. The van der Waals surface area contributed by atoms with Gasteiger partial charge in [0.2, 0.25) is 0 Å². The van der Waals surface area contributed by atoms with Crippen molar-refractivity contribution in [2.45, 2.75) is 226 Å². The maximum Gasteiger partial charge on any atom is 0.306 e. The summed E-state index contributed by atoms with van der Waals surface area (Å²) in [4.78, 5) is 37.8. The summed E-state index contributed by atoms with van der Waals surface area (Å²) in [5.74, 6) is -0.802. The Morgan fingerprint density at radius 1 is 0.574 bits per heavy atom. The van der Waals surface area contributed by atoms with Gasteiger partial charge in [0, 0.05) is 12.8 Å². The molecule has 0 aromatic heterocycles. The van der Waals surface area contributed by atoms with Crippen LogP contribution in [0, 0.1) is 0 Å². The molecule has 1 saturated heterocycles. The number of carbonyl (C=O) groups excluding carboxylic acids is 2. The van der Waals surface area contributed by atoms with Gasteiger partial charge in [0.25, 0.3) is 7.82 Å². The van der Waals surface area contributed by atoms with Crippen LogP contribution in [0.3, 0.4) is 0 Å². The van der Waals surface area contributed by atoms with Crippen molar-refractivity contribution in [1.82, 2.24) is 0 Å². The summed E-state index contributed by atoms with van der Waals surface area (Å²) in [6.07, 6.45) is 34.7. The van der Waals surface area contributed by atoms with E-state index in [4.69, 9.17) is 18.5 Å². The lowest BCUT2D eigenvalue weighted by Gasteiger charge is -2.38. The molecule has 0 aromatic rings. The molecule has 9 nitrogen and oxygen atoms in total. The lowest BCUT2D eigenvalue weighted by Crippen LogP contribution is -2.49. The van der Waals surface area contributed by atoms with Gasteiger partial charge in [-0.05, 0) is 32.1 Å². The van der Waals surface area contributed by atoms with Gasteiger partial charge in [-0.25, -0.2) is 0 Å². The quantitative estimate of drug-likeness (QED) is 0.0263. The van der Waals surface area contributed by atoms with E-state index in [9.17, 15) is 19.0 Å². The van der Waals surface area contributed by atoms with Crippen LogP contribution in [0.15, 0.2) is 0 Å². The smallest absolute Gasteiger partial charge is 0.306 e. The molecule has 322 valence electrons.